The molecule has 3 nitrogen and oxygen atoms in total. The highest BCUT2D eigenvalue weighted by molar-refractivity contribution is 6.27. The Bertz CT molecular complexity index is 3620. The Kier molecular flexibility index (Phi) is 8.50. The van der Waals surface area contributed by atoms with Gasteiger partial charge < -0.3 is 0 Å². The van der Waals surface area contributed by atoms with E-state index in [2.05, 4.69) is 200 Å². The van der Waals surface area contributed by atoms with Gasteiger partial charge >= 0.3 is 0 Å². The molecule has 0 aliphatic heterocycles. The highest BCUT2D eigenvalue weighted by Gasteiger charge is 2.20. The van der Waals surface area contributed by atoms with Gasteiger partial charge in [-0.15, -0.1) is 0 Å². The number of fused-ring (bicyclic) bond motifs is 9. The standard InChI is InChI=1S/C59H37N3/c1-3-15-38(16-4-1)39-27-31-42(32-28-39)58-60-57(41-17-5-2-6-18-41)61-59(62-58)43-33-29-40(30-34-43)55-52-25-13-11-22-48(52)49-23-12-14-26-53(49)56(55)44-35-36-51-47-21-8-7-19-45(47)46-20-9-10-24-50(46)54(51)37-44/h1-37H. The molecule has 12 rings (SSSR count). The Morgan fingerprint density at radius 1 is 0.177 bits per heavy atom. The van der Waals surface area contributed by atoms with Gasteiger partial charge in [-0.3, -0.25) is 0 Å². The van der Waals surface area contributed by atoms with Gasteiger partial charge in [0.1, 0.15) is 0 Å². The third-order valence-corrected chi connectivity index (χ3v) is 12.3. The Morgan fingerprint density at radius 2 is 0.452 bits per heavy atom. The van der Waals surface area contributed by atoms with E-state index in [9.17, 15) is 0 Å². The maximum Gasteiger partial charge on any atom is 0.164 e. The van der Waals surface area contributed by atoms with Crippen molar-refractivity contribution in [2.75, 3.05) is 0 Å². The second-order valence-electron chi connectivity index (χ2n) is 15.9. The highest BCUT2D eigenvalue weighted by atomic mass is 15.0. The average Bonchev–Trinajstić information content (AvgIpc) is 3.36. The maximum absolute atomic E-state index is 5.11. The fourth-order valence-electron chi connectivity index (χ4n) is 9.38. The topological polar surface area (TPSA) is 38.7 Å². The average molecular weight is 788 g/mol. The quantitative estimate of drug-likeness (QED) is 0.158. The fourth-order valence-corrected chi connectivity index (χ4v) is 9.38. The van der Waals surface area contributed by atoms with Gasteiger partial charge in [-0.05, 0) is 93.3 Å². The molecule has 62 heavy (non-hydrogen) atoms. The summed E-state index contributed by atoms with van der Waals surface area (Å²) in [6.07, 6.45) is 0. The first-order valence-corrected chi connectivity index (χ1v) is 21.1. The number of hydrogen-bond donors (Lipinski definition) is 0. The van der Waals surface area contributed by atoms with Crippen LogP contribution in [-0.2, 0) is 0 Å². The Labute approximate surface area is 359 Å². The molecule has 0 bridgehead atoms. The third kappa shape index (κ3) is 6.02. The molecule has 0 saturated heterocycles. The number of nitrogens with zero attached hydrogens (tertiary/aromatic N) is 3. The minimum Gasteiger partial charge on any atom is -0.208 e. The minimum atomic E-state index is 0.629. The molecule has 288 valence electrons. The fraction of sp³-hybridized carbons (Fsp3) is 0. The van der Waals surface area contributed by atoms with Crippen LogP contribution in [0.5, 0.6) is 0 Å². The Hall–Kier alpha value is -8.27. The molecule has 0 radical (unpaired) electrons. The monoisotopic (exact) mass is 787 g/mol. The van der Waals surface area contributed by atoms with Crippen LogP contribution < -0.4 is 0 Å². The van der Waals surface area contributed by atoms with Crippen molar-refractivity contribution < 1.29 is 0 Å². The van der Waals surface area contributed by atoms with E-state index >= 15 is 0 Å². The van der Waals surface area contributed by atoms with Crippen LogP contribution in [0.15, 0.2) is 224 Å². The molecule has 0 aliphatic carbocycles. The molecule has 3 heteroatoms. The second kappa shape index (κ2) is 14.8. The molecule has 0 unspecified atom stereocenters. The van der Waals surface area contributed by atoms with Crippen LogP contribution in [0.4, 0.5) is 0 Å². The second-order valence-corrected chi connectivity index (χ2v) is 15.9. The lowest BCUT2D eigenvalue weighted by molar-refractivity contribution is 1.07. The predicted octanol–water partition coefficient (Wildman–Crippen LogP) is 15.6. The molecular formula is C59H37N3. The largest absolute Gasteiger partial charge is 0.208 e. The Morgan fingerprint density at radius 3 is 0.919 bits per heavy atom. The summed E-state index contributed by atoms with van der Waals surface area (Å²) in [4.78, 5) is 15.2. The molecule has 12 aromatic rings. The first kappa shape index (κ1) is 35.7. The van der Waals surface area contributed by atoms with Gasteiger partial charge in [0.2, 0.25) is 0 Å². The van der Waals surface area contributed by atoms with Gasteiger partial charge in [-0.1, -0.05) is 218 Å². The van der Waals surface area contributed by atoms with E-state index in [0.717, 1.165) is 27.8 Å². The van der Waals surface area contributed by atoms with Crippen molar-refractivity contribution in [3.8, 4) is 67.5 Å². The SMILES string of the molecule is c1ccc(-c2ccc(-c3nc(-c4ccccc4)nc(-c4ccc(-c5c(-c6ccc7c8ccccc8c8ccccc8c7c6)c6ccccc6c6ccccc56)cc4)n3)cc2)cc1. The van der Waals surface area contributed by atoms with Crippen LogP contribution >= 0.6 is 0 Å². The summed E-state index contributed by atoms with van der Waals surface area (Å²) in [7, 11) is 0. The zero-order chi connectivity index (χ0) is 41.0. The summed E-state index contributed by atoms with van der Waals surface area (Å²) in [6, 6.07) is 80.2. The zero-order valence-electron chi connectivity index (χ0n) is 33.7. The summed E-state index contributed by atoms with van der Waals surface area (Å²) in [5, 5.41) is 12.5. The van der Waals surface area contributed by atoms with Crippen molar-refractivity contribution in [3.05, 3.63) is 224 Å². The van der Waals surface area contributed by atoms with Crippen molar-refractivity contribution in [2.45, 2.75) is 0 Å². The smallest absolute Gasteiger partial charge is 0.164 e. The van der Waals surface area contributed by atoms with Crippen molar-refractivity contribution >= 4 is 53.9 Å². The molecule has 0 saturated carbocycles. The predicted molar refractivity (Wildman–Crippen MR) is 260 cm³/mol. The summed E-state index contributed by atoms with van der Waals surface area (Å²) in [5.41, 5.74) is 9.86. The first-order valence-electron chi connectivity index (χ1n) is 21.1. The van der Waals surface area contributed by atoms with Gasteiger partial charge in [-0.2, -0.15) is 0 Å². The highest BCUT2D eigenvalue weighted by Crippen LogP contribution is 2.46. The number of benzene rings is 11. The number of rotatable bonds is 6. The molecule has 0 fully saturated rings. The lowest BCUT2D eigenvalue weighted by atomic mass is 9.83. The minimum absolute atomic E-state index is 0.629. The number of hydrogen-bond acceptors (Lipinski definition) is 3. The van der Waals surface area contributed by atoms with E-state index in [1.807, 2.05) is 24.3 Å². The van der Waals surface area contributed by atoms with Crippen LogP contribution in [0.1, 0.15) is 0 Å². The summed E-state index contributed by atoms with van der Waals surface area (Å²) < 4.78 is 0. The van der Waals surface area contributed by atoms with Crippen molar-refractivity contribution in [3.63, 3.8) is 0 Å². The molecule has 0 atom stereocenters. The summed E-state index contributed by atoms with van der Waals surface area (Å²) >= 11 is 0. The van der Waals surface area contributed by atoms with Gasteiger partial charge in [0.15, 0.2) is 17.5 Å². The molecular weight excluding hydrogens is 751 g/mol. The lowest BCUT2D eigenvalue weighted by Gasteiger charge is -2.20. The lowest BCUT2D eigenvalue weighted by Crippen LogP contribution is -2.00. The van der Waals surface area contributed by atoms with Crippen LogP contribution in [0.2, 0.25) is 0 Å². The van der Waals surface area contributed by atoms with E-state index in [4.69, 9.17) is 15.0 Å². The van der Waals surface area contributed by atoms with Crippen LogP contribution in [0, 0.1) is 0 Å². The molecule has 1 aromatic heterocycles. The Balaban J connectivity index is 1.04. The molecule has 11 aromatic carbocycles. The zero-order valence-corrected chi connectivity index (χ0v) is 33.7. The summed E-state index contributed by atoms with van der Waals surface area (Å²) in [5.74, 6) is 1.91. The molecule has 0 aliphatic rings. The van der Waals surface area contributed by atoms with Crippen LogP contribution in [0.25, 0.3) is 121 Å². The summed E-state index contributed by atoms with van der Waals surface area (Å²) in [6.45, 7) is 0. The van der Waals surface area contributed by atoms with E-state index in [-0.39, 0.29) is 0 Å². The third-order valence-electron chi connectivity index (χ3n) is 12.3. The molecule has 0 N–H and O–H groups in total. The van der Waals surface area contributed by atoms with Crippen LogP contribution in [-0.4, -0.2) is 15.0 Å². The normalized spacial score (nSPS) is 11.5. The molecule has 1 heterocycles. The van der Waals surface area contributed by atoms with Gasteiger partial charge in [0.25, 0.3) is 0 Å². The van der Waals surface area contributed by atoms with Gasteiger partial charge in [0.05, 0.1) is 0 Å². The van der Waals surface area contributed by atoms with Gasteiger partial charge in [0, 0.05) is 16.7 Å². The van der Waals surface area contributed by atoms with E-state index < -0.39 is 0 Å². The van der Waals surface area contributed by atoms with Crippen molar-refractivity contribution in [1.29, 1.82) is 0 Å². The maximum atomic E-state index is 5.11. The van der Waals surface area contributed by atoms with E-state index in [1.165, 1.54) is 76.1 Å². The number of aromatic nitrogens is 3. The first-order chi connectivity index (χ1) is 30.7. The van der Waals surface area contributed by atoms with E-state index in [1.54, 1.807) is 0 Å². The molecule has 0 amide bonds. The van der Waals surface area contributed by atoms with Gasteiger partial charge in [-0.25, -0.2) is 15.0 Å². The molecule has 0 spiro atoms. The van der Waals surface area contributed by atoms with E-state index in [0.29, 0.717) is 17.5 Å². The van der Waals surface area contributed by atoms with Crippen LogP contribution in [0.3, 0.4) is 0 Å². The van der Waals surface area contributed by atoms with Crippen molar-refractivity contribution in [2.24, 2.45) is 0 Å². The van der Waals surface area contributed by atoms with Crippen molar-refractivity contribution in [1.82, 2.24) is 15.0 Å².